The molecule has 0 unspecified atom stereocenters. The molecule has 2 aromatic heterocycles. The van der Waals surface area contributed by atoms with Crippen molar-refractivity contribution in [3.8, 4) is 0 Å². The fourth-order valence-electron chi connectivity index (χ4n) is 5.45. The van der Waals surface area contributed by atoms with E-state index in [0.717, 1.165) is 6.07 Å². The number of pyridine rings is 1. The summed E-state index contributed by atoms with van der Waals surface area (Å²) in [5, 5.41) is 2.82. The number of benzene rings is 1. The maximum absolute atomic E-state index is 14.5. The van der Waals surface area contributed by atoms with Crippen molar-refractivity contribution in [2.75, 3.05) is 19.6 Å². The zero-order chi connectivity index (χ0) is 28.6. The van der Waals surface area contributed by atoms with Crippen LogP contribution < -0.4 is 67.8 Å². The van der Waals surface area contributed by atoms with E-state index in [2.05, 4.69) is 15.3 Å². The van der Waals surface area contributed by atoms with Crippen LogP contribution >= 0.6 is 0 Å². The summed E-state index contributed by atoms with van der Waals surface area (Å²) in [5.41, 5.74) is 1.79. The minimum absolute atomic E-state index is 0. The third kappa shape index (κ3) is 7.38. The number of fused-ring (bicyclic) bond motifs is 1. The molecule has 17 heteroatoms. The average molecular weight is 625 g/mol. The molecule has 2 fully saturated rings. The number of nitrogens with zero attached hydrogens (tertiary/aromatic N) is 4. The zero-order valence-corrected chi connectivity index (χ0v) is 25.7. The second kappa shape index (κ2) is 13.9. The normalized spacial score (nSPS) is 20.1. The number of amides is 3. The van der Waals surface area contributed by atoms with Crippen LogP contribution in [0.4, 0.5) is 26.7 Å². The molecule has 4 heterocycles. The van der Waals surface area contributed by atoms with E-state index >= 15 is 0 Å². The van der Waals surface area contributed by atoms with Gasteiger partial charge in [-0.2, -0.15) is 13.2 Å². The predicted molar refractivity (Wildman–Crippen MR) is 135 cm³/mol. The fraction of sp³-hybridized carbons (Fsp3) is 0.440. The first kappa shape index (κ1) is 34.1. The molecule has 3 amide bonds. The number of hydrogen-bond acceptors (Lipinski definition) is 5. The van der Waals surface area contributed by atoms with Gasteiger partial charge in [0.05, 0.1) is 5.52 Å². The molecule has 11 nitrogen and oxygen atoms in total. The van der Waals surface area contributed by atoms with Crippen molar-refractivity contribution in [3.05, 3.63) is 64.2 Å². The van der Waals surface area contributed by atoms with Gasteiger partial charge in [0.25, 0.3) is 5.91 Å². The van der Waals surface area contributed by atoms with Gasteiger partial charge in [0.15, 0.2) is 17.3 Å². The molecule has 2 aliphatic heterocycles. The monoisotopic (exact) mass is 624 g/mol. The van der Waals surface area contributed by atoms with Crippen molar-refractivity contribution in [3.63, 3.8) is 0 Å². The number of aromatic amines is 1. The number of hydrogen-bond donors (Lipinski definition) is 3. The first-order valence-electron chi connectivity index (χ1n) is 12.7. The summed E-state index contributed by atoms with van der Waals surface area (Å²) in [6.07, 6.45) is -2.63. The molecule has 5 N–H and O–H groups in total. The Morgan fingerprint density at radius 2 is 1.74 bits per heavy atom. The first-order chi connectivity index (χ1) is 19.0. The van der Waals surface area contributed by atoms with E-state index in [1.807, 2.05) is 0 Å². The Kier molecular flexibility index (Phi) is 11.3. The molecule has 2 saturated heterocycles. The van der Waals surface area contributed by atoms with Gasteiger partial charge in [-0.05, 0) is 49.4 Å². The predicted octanol–water partition coefficient (Wildman–Crippen LogP) is -0.672. The smallest absolute Gasteiger partial charge is 0.412 e. The second-order valence-electron chi connectivity index (χ2n) is 9.87. The Balaban J connectivity index is 0.00000242. The van der Waals surface area contributed by atoms with Crippen LogP contribution in [-0.4, -0.2) is 73.8 Å². The summed E-state index contributed by atoms with van der Waals surface area (Å²) in [6, 6.07) is 4.69. The molecule has 1 aromatic carbocycles. The van der Waals surface area contributed by atoms with Crippen LogP contribution in [0.15, 0.2) is 41.3 Å². The van der Waals surface area contributed by atoms with Crippen molar-refractivity contribution >= 4 is 23.1 Å². The fourth-order valence-corrected chi connectivity index (χ4v) is 5.45. The van der Waals surface area contributed by atoms with Crippen LogP contribution in [0.2, 0.25) is 0 Å². The molecule has 2 aliphatic rings. The van der Waals surface area contributed by atoms with Gasteiger partial charge in [0, 0.05) is 37.8 Å². The number of rotatable bonds is 4. The van der Waals surface area contributed by atoms with Crippen LogP contribution in [0.1, 0.15) is 43.2 Å². The van der Waals surface area contributed by atoms with Crippen LogP contribution in [0.25, 0.3) is 11.2 Å². The quantitative estimate of drug-likeness (QED) is 0.200. The molecule has 0 bridgehead atoms. The minimum Gasteiger partial charge on any atom is -0.412 e. The number of urea groups is 1. The SMILES string of the molecule is O.O=C(N[C@@H]1CC[C@@H](c2cccc(F)c2F)CN(NC(F)(F)F)C1=O)N1CCC(n2c(=O)[nH]c3ncccc32)CC1.[K+]. The number of H-pyrrole nitrogens is 1. The number of likely N-dealkylation sites (tertiary alicyclic amines) is 1. The molecular formula is C25H28F5KN7O4+. The van der Waals surface area contributed by atoms with Gasteiger partial charge in [0.1, 0.15) is 6.04 Å². The number of aromatic nitrogens is 3. The molecule has 0 saturated carbocycles. The van der Waals surface area contributed by atoms with Gasteiger partial charge in [-0.15, -0.1) is 5.43 Å². The number of halogens is 5. The average Bonchev–Trinajstić information content (AvgIpc) is 3.18. The number of imidazole rings is 1. The third-order valence-corrected chi connectivity index (χ3v) is 7.36. The van der Waals surface area contributed by atoms with Gasteiger partial charge in [0.2, 0.25) is 0 Å². The van der Waals surface area contributed by atoms with Crippen LogP contribution in [0, 0.1) is 11.6 Å². The second-order valence-corrected chi connectivity index (χ2v) is 9.87. The first-order valence-corrected chi connectivity index (χ1v) is 12.7. The Labute approximate surface area is 278 Å². The Hall–Kier alpha value is -2.41. The maximum atomic E-state index is 14.5. The van der Waals surface area contributed by atoms with Crippen molar-refractivity contribution in [1.82, 2.24) is 35.2 Å². The standard InChI is InChI=1S/C25H26F5N7O3.K.H2O/c26-17-4-1-3-16(20(17)27)14-6-7-18(22(38)36(13-14)34-25(28,29)30)32-23(39)35-11-8-15(9-12-35)37-19-5-2-10-31-21(19)33-24(37)40;;/h1-5,10,14-15,18,34H,6-9,11-13H2,(H,32,39)(H,31,33,40);;1H2/q;+1;/t14-,18-;;/m1../s1. The van der Waals surface area contributed by atoms with Gasteiger partial charge in [-0.3, -0.25) is 19.4 Å². The Morgan fingerprint density at radius 3 is 2.43 bits per heavy atom. The molecule has 0 aliphatic carbocycles. The molecule has 0 radical (unpaired) electrons. The molecule has 2 atom stereocenters. The molecule has 0 spiro atoms. The summed E-state index contributed by atoms with van der Waals surface area (Å²) in [5.74, 6) is -4.33. The largest absolute Gasteiger partial charge is 1.00 e. The van der Waals surface area contributed by atoms with E-state index < -0.39 is 48.4 Å². The molecule has 5 rings (SSSR count). The number of piperidine rings is 1. The molecule has 222 valence electrons. The molecular weight excluding hydrogens is 596 g/mol. The number of alkyl halides is 3. The molecule has 3 aromatic rings. The van der Waals surface area contributed by atoms with Gasteiger partial charge >= 0.3 is 69.4 Å². The zero-order valence-electron chi connectivity index (χ0n) is 22.5. The number of hydrazine groups is 1. The van der Waals surface area contributed by atoms with Gasteiger partial charge < -0.3 is 15.7 Å². The summed E-state index contributed by atoms with van der Waals surface area (Å²) < 4.78 is 69.5. The Morgan fingerprint density at radius 1 is 1.02 bits per heavy atom. The summed E-state index contributed by atoms with van der Waals surface area (Å²) >= 11 is 0. The van der Waals surface area contributed by atoms with Crippen molar-refractivity contribution in [2.45, 2.75) is 50.0 Å². The van der Waals surface area contributed by atoms with Crippen LogP contribution in [0.5, 0.6) is 0 Å². The Bertz CT molecular complexity index is 1480. The van der Waals surface area contributed by atoms with E-state index in [1.54, 1.807) is 22.9 Å². The third-order valence-electron chi connectivity index (χ3n) is 7.36. The number of nitrogens with one attached hydrogen (secondary N) is 3. The molecule has 42 heavy (non-hydrogen) atoms. The summed E-state index contributed by atoms with van der Waals surface area (Å²) in [6.45, 7) is -0.110. The van der Waals surface area contributed by atoms with Crippen molar-refractivity contribution in [2.24, 2.45) is 0 Å². The number of carbonyl (C=O) groups is 2. The van der Waals surface area contributed by atoms with Crippen LogP contribution in [0.3, 0.4) is 0 Å². The number of carbonyl (C=O) groups excluding carboxylic acids is 2. The van der Waals surface area contributed by atoms with Crippen LogP contribution in [-0.2, 0) is 4.79 Å². The topological polar surface area (TPSA) is 147 Å². The minimum atomic E-state index is -4.97. The van der Waals surface area contributed by atoms with Crippen molar-refractivity contribution in [1.29, 1.82) is 0 Å². The summed E-state index contributed by atoms with van der Waals surface area (Å²) in [7, 11) is 0. The van der Waals surface area contributed by atoms with Gasteiger partial charge in [-0.1, -0.05) is 12.1 Å². The van der Waals surface area contributed by atoms with E-state index in [1.165, 1.54) is 22.5 Å². The maximum Gasteiger partial charge on any atom is 1.00 e. The van der Waals surface area contributed by atoms with E-state index in [-0.39, 0.29) is 100 Å². The van der Waals surface area contributed by atoms with E-state index in [0.29, 0.717) is 29.0 Å². The summed E-state index contributed by atoms with van der Waals surface area (Å²) in [4.78, 5) is 46.9. The van der Waals surface area contributed by atoms with Gasteiger partial charge in [-0.25, -0.2) is 23.4 Å². The van der Waals surface area contributed by atoms with Crippen molar-refractivity contribution < 1.29 is 88.4 Å². The van der Waals surface area contributed by atoms with E-state index in [9.17, 15) is 36.3 Å². The van der Waals surface area contributed by atoms with E-state index in [4.69, 9.17) is 0 Å².